The van der Waals surface area contributed by atoms with Gasteiger partial charge in [0.15, 0.2) is 0 Å². The van der Waals surface area contributed by atoms with Crippen LogP contribution in [0.2, 0.25) is 0 Å². The van der Waals surface area contributed by atoms with E-state index in [9.17, 15) is 26.7 Å². The van der Waals surface area contributed by atoms with Crippen LogP contribution in [0.3, 0.4) is 0 Å². The van der Waals surface area contributed by atoms with Crippen LogP contribution in [-0.2, 0) is 22.1 Å². The van der Waals surface area contributed by atoms with Crippen molar-refractivity contribution in [2.45, 2.75) is 51.5 Å². The van der Waals surface area contributed by atoms with E-state index < -0.39 is 35.5 Å². The van der Waals surface area contributed by atoms with Crippen molar-refractivity contribution in [2.24, 2.45) is 0 Å². The largest absolute Gasteiger partial charge is 0.489 e. The maximum atomic E-state index is 14.5. The zero-order valence-electron chi connectivity index (χ0n) is 19.6. The van der Waals surface area contributed by atoms with Crippen LogP contribution in [0.15, 0.2) is 59.3 Å². The third kappa shape index (κ3) is 6.75. The summed E-state index contributed by atoms with van der Waals surface area (Å²) >= 11 is 1.44. The molecular weight excluding hydrogens is 503 g/mol. The van der Waals surface area contributed by atoms with E-state index in [1.165, 1.54) is 11.3 Å². The number of rotatable bonds is 11. The SMILES string of the molecule is CCOC(=O)CCC(Oc1cc(OCc2ccsc2)ccc1C(F)(F)C(F)(F)F)c1ccccc1C. The number of benzene rings is 2. The average molecular weight is 529 g/mol. The molecule has 0 N–H and O–H groups in total. The second-order valence-electron chi connectivity index (χ2n) is 7.96. The third-order valence-electron chi connectivity index (χ3n) is 5.35. The van der Waals surface area contributed by atoms with Gasteiger partial charge in [0.1, 0.15) is 24.2 Å². The van der Waals surface area contributed by atoms with E-state index in [0.29, 0.717) is 11.6 Å². The first-order valence-corrected chi connectivity index (χ1v) is 12.1. The summed E-state index contributed by atoms with van der Waals surface area (Å²) in [5.74, 6) is -6.33. The van der Waals surface area contributed by atoms with Crippen molar-refractivity contribution in [3.8, 4) is 11.5 Å². The van der Waals surface area contributed by atoms with Gasteiger partial charge in [0.2, 0.25) is 0 Å². The van der Waals surface area contributed by atoms with Crippen LogP contribution in [0.5, 0.6) is 11.5 Å². The number of hydrogen-bond acceptors (Lipinski definition) is 5. The molecule has 0 amide bonds. The lowest BCUT2D eigenvalue weighted by atomic mass is 9.99. The summed E-state index contributed by atoms with van der Waals surface area (Å²) in [5, 5.41) is 3.66. The van der Waals surface area contributed by atoms with Gasteiger partial charge in [-0.3, -0.25) is 4.79 Å². The lowest BCUT2D eigenvalue weighted by Crippen LogP contribution is -2.34. The van der Waals surface area contributed by atoms with Gasteiger partial charge in [-0.2, -0.15) is 33.3 Å². The number of ether oxygens (including phenoxy) is 3. The molecule has 0 bridgehead atoms. The Morgan fingerprint density at radius 1 is 1.06 bits per heavy atom. The molecule has 0 spiro atoms. The standard InChI is InChI=1S/C26H25F5O4S/c1-3-33-24(32)11-10-22(20-7-5-4-6-17(20)2)35-23-14-19(34-15-18-12-13-36-16-18)8-9-21(23)25(27,28)26(29,30)31/h4-9,12-14,16,22H,3,10-11,15H2,1-2H3. The van der Waals surface area contributed by atoms with Crippen molar-refractivity contribution in [1.29, 1.82) is 0 Å². The van der Waals surface area contributed by atoms with E-state index in [4.69, 9.17) is 14.2 Å². The zero-order chi connectivity index (χ0) is 26.3. The molecule has 0 aliphatic carbocycles. The highest BCUT2D eigenvalue weighted by Gasteiger charge is 2.60. The van der Waals surface area contributed by atoms with Crippen molar-refractivity contribution in [3.63, 3.8) is 0 Å². The Morgan fingerprint density at radius 3 is 2.44 bits per heavy atom. The summed E-state index contributed by atoms with van der Waals surface area (Å²) < 4.78 is 85.3. The number of halogens is 5. The lowest BCUT2D eigenvalue weighted by Gasteiger charge is -2.27. The fourth-order valence-corrected chi connectivity index (χ4v) is 4.16. The summed E-state index contributed by atoms with van der Waals surface area (Å²) in [6.07, 6.45) is -6.95. The minimum absolute atomic E-state index is 0.000699. The number of aryl methyl sites for hydroxylation is 1. The number of esters is 1. The minimum atomic E-state index is -5.84. The van der Waals surface area contributed by atoms with Crippen LogP contribution in [0.1, 0.15) is 48.1 Å². The maximum Gasteiger partial charge on any atom is 0.458 e. The quantitative estimate of drug-likeness (QED) is 0.189. The normalized spacial score (nSPS) is 12.8. The number of thiophene rings is 1. The molecule has 0 saturated heterocycles. The molecule has 0 aliphatic heterocycles. The molecule has 4 nitrogen and oxygen atoms in total. The van der Waals surface area contributed by atoms with Crippen molar-refractivity contribution in [3.05, 3.63) is 81.5 Å². The molecule has 0 radical (unpaired) electrons. The monoisotopic (exact) mass is 528 g/mol. The van der Waals surface area contributed by atoms with Gasteiger partial charge in [0, 0.05) is 12.5 Å². The van der Waals surface area contributed by atoms with Gasteiger partial charge in [-0.25, -0.2) is 0 Å². The van der Waals surface area contributed by atoms with Crippen LogP contribution in [0.4, 0.5) is 22.0 Å². The minimum Gasteiger partial charge on any atom is -0.489 e. The second-order valence-corrected chi connectivity index (χ2v) is 8.74. The second kappa shape index (κ2) is 11.7. The van der Waals surface area contributed by atoms with Gasteiger partial charge in [-0.1, -0.05) is 24.3 Å². The van der Waals surface area contributed by atoms with Crippen LogP contribution in [0.25, 0.3) is 0 Å². The van der Waals surface area contributed by atoms with Crippen LogP contribution >= 0.6 is 11.3 Å². The van der Waals surface area contributed by atoms with Gasteiger partial charge < -0.3 is 14.2 Å². The fraction of sp³-hybridized carbons (Fsp3) is 0.346. The van der Waals surface area contributed by atoms with E-state index in [1.54, 1.807) is 44.2 Å². The number of hydrogen-bond donors (Lipinski definition) is 0. The van der Waals surface area contributed by atoms with Crippen LogP contribution in [0, 0.1) is 6.92 Å². The molecule has 36 heavy (non-hydrogen) atoms. The first-order chi connectivity index (χ1) is 17.0. The van der Waals surface area contributed by atoms with Gasteiger partial charge >= 0.3 is 18.1 Å². The van der Waals surface area contributed by atoms with Crippen LogP contribution < -0.4 is 9.47 Å². The number of carbonyl (C=O) groups excluding carboxylic acids is 1. The molecule has 1 aromatic heterocycles. The van der Waals surface area contributed by atoms with Crippen molar-refractivity contribution < 1.29 is 41.0 Å². The van der Waals surface area contributed by atoms with E-state index in [2.05, 4.69) is 0 Å². The van der Waals surface area contributed by atoms with Gasteiger partial charge in [0.25, 0.3) is 0 Å². The summed E-state index contributed by atoms with van der Waals surface area (Å²) in [4.78, 5) is 12.0. The van der Waals surface area contributed by atoms with Gasteiger partial charge in [0.05, 0.1) is 12.2 Å². The predicted octanol–water partition coefficient (Wildman–Crippen LogP) is 7.75. The molecule has 1 atom stereocenters. The highest BCUT2D eigenvalue weighted by Crippen LogP contribution is 2.49. The summed E-state index contributed by atoms with van der Waals surface area (Å²) in [6.45, 7) is 3.64. The van der Waals surface area contributed by atoms with E-state index in [-0.39, 0.29) is 31.8 Å². The van der Waals surface area contributed by atoms with Crippen LogP contribution in [-0.4, -0.2) is 18.8 Å². The fourth-order valence-electron chi connectivity index (χ4n) is 3.50. The summed E-state index contributed by atoms with van der Waals surface area (Å²) in [5.41, 5.74) is 0.750. The third-order valence-corrected chi connectivity index (χ3v) is 6.09. The molecule has 3 aromatic rings. The number of alkyl halides is 5. The Morgan fingerprint density at radius 2 is 1.81 bits per heavy atom. The molecule has 1 unspecified atom stereocenters. The summed E-state index contributed by atoms with van der Waals surface area (Å²) in [7, 11) is 0. The molecule has 194 valence electrons. The molecule has 1 heterocycles. The van der Waals surface area contributed by atoms with Crippen molar-refractivity contribution in [2.75, 3.05) is 6.61 Å². The Bertz CT molecular complexity index is 1150. The van der Waals surface area contributed by atoms with E-state index in [0.717, 1.165) is 23.3 Å². The topological polar surface area (TPSA) is 44.8 Å². The maximum absolute atomic E-state index is 14.5. The van der Waals surface area contributed by atoms with Crippen molar-refractivity contribution >= 4 is 17.3 Å². The Hall–Kier alpha value is -3.14. The lowest BCUT2D eigenvalue weighted by molar-refractivity contribution is -0.289. The molecule has 0 saturated carbocycles. The number of carbonyl (C=O) groups is 1. The summed E-state index contributed by atoms with van der Waals surface area (Å²) in [6, 6.07) is 11.4. The first kappa shape index (κ1) is 27.4. The molecule has 2 aromatic carbocycles. The Balaban J connectivity index is 1.99. The highest BCUT2D eigenvalue weighted by atomic mass is 32.1. The van der Waals surface area contributed by atoms with Gasteiger partial charge in [-0.05, 0) is 65.9 Å². The average Bonchev–Trinajstić information content (AvgIpc) is 3.34. The zero-order valence-corrected chi connectivity index (χ0v) is 20.4. The Kier molecular flexibility index (Phi) is 8.94. The predicted molar refractivity (Wildman–Crippen MR) is 125 cm³/mol. The van der Waals surface area contributed by atoms with Gasteiger partial charge in [-0.15, -0.1) is 0 Å². The highest BCUT2D eigenvalue weighted by molar-refractivity contribution is 7.07. The molecule has 0 aliphatic rings. The molecular formula is C26H25F5O4S. The van der Waals surface area contributed by atoms with E-state index >= 15 is 0 Å². The Labute approximate surface area is 209 Å². The molecule has 3 rings (SSSR count). The molecule has 10 heteroatoms. The molecule has 0 fully saturated rings. The van der Waals surface area contributed by atoms with Crippen molar-refractivity contribution in [1.82, 2.24) is 0 Å². The smallest absolute Gasteiger partial charge is 0.458 e. The van der Waals surface area contributed by atoms with E-state index in [1.807, 2.05) is 10.8 Å². The first-order valence-electron chi connectivity index (χ1n) is 11.1.